The fourth-order valence-corrected chi connectivity index (χ4v) is 3.06. The Morgan fingerprint density at radius 1 is 1.41 bits per heavy atom. The number of benzene rings is 1. The molecule has 0 bridgehead atoms. The van der Waals surface area contributed by atoms with Gasteiger partial charge in [-0.05, 0) is 18.1 Å². The Kier molecular flexibility index (Phi) is 2.60. The molecule has 86 valence electrons. The molecule has 1 aromatic carbocycles. The van der Waals surface area contributed by atoms with Crippen LogP contribution in [0.4, 0.5) is 5.82 Å². The minimum Gasteiger partial charge on any atom is -0.310 e. The highest BCUT2D eigenvalue weighted by Crippen LogP contribution is 2.37. The summed E-state index contributed by atoms with van der Waals surface area (Å²) in [5, 5.41) is 9.29. The summed E-state index contributed by atoms with van der Waals surface area (Å²) in [6.07, 6.45) is 2.41. The van der Waals surface area contributed by atoms with Crippen LogP contribution in [0.1, 0.15) is 5.56 Å². The van der Waals surface area contributed by atoms with Crippen LogP contribution >= 0.6 is 11.8 Å². The summed E-state index contributed by atoms with van der Waals surface area (Å²) in [6.45, 7) is 0. The highest BCUT2D eigenvalue weighted by Gasteiger charge is 2.28. The lowest BCUT2D eigenvalue weighted by molar-refractivity contribution is -0.115. The lowest BCUT2D eigenvalue weighted by atomic mass is 10.1. The Morgan fingerprint density at radius 2 is 2.29 bits per heavy atom. The van der Waals surface area contributed by atoms with Crippen LogP contribution in [0.25, 0.3) is 0 Å². The number of aromatic amines is 1. The van der Waals surface area contributed by atoms with E-state index in [-0.39, 0.29) is 11.2 Å². The SMILES string of the molecule is O=C(Nc1ccn[nH]1)[C@@H]1Cc2ccccc2S1. The number of carbonyl (C=O) groups excluding carboxylic acids is 1. The average molecular weight is 245 g/mol. The summed E-state index contributed by atoms with van der Waals surface area (Å²) in [5.74, 6) is 0.669. The molecule has 0 spiro atoms. The molecule has 0 saturated heterocycles. The Labute approximate surface area is 103 Å². The molecule has 1 aliphatic heterocycles. The van der Waals surface area contributed by atoms with Gasteiger partial charge in [-0.1, -0.05) is 18.2 Å². The number of thioether (sulfide) groups is 1. The van der Waals surface area contributed by atoms with E-state index in [1.54, 1.807) is 24.0 Å². The molecule has 0 saturated carbocycles. The van der Waals surface area contributed by atoms with E-state index in [9.17, 15) is 4.79 Å². The van der Waals surface area contributed by atoms with Gasteiger partial charge in [0, 0.05) is 11.0 Å². The number of carbonyl (C=O) groups is 1. The number of H-pyrrole nitrogens is 1. The fourth-order valence-electron chi connectivity index (χ4n) is 1.87. The van der Waals surface area contributed by atoms with Crippen molar-refractivity contribution in [2.24, 2.45) is 0 Å². The zero-order valence-electron chi connectivity index (χ0n) is 9.01. The van der Waals surface area contributed by atoms with E-state index in [0.29, 0.717) is 5.82 Å². The summed E-state index contributed by atoms with van der Waals surface area (Å²) in [7, 11) is 0. The summed E-state index contributed by atoms with van der Waals surface area (Å²) < 4.78 is 0. The summed E-state index contributed by atoms with van der Waals surface area (Å²) in [6, 6.07) is 9.88. The first-order chi connectivity index (χ1) is 8.33. The van der Waals surface area contributed by atoms with Crippen LogP contribution in [0.3, 0.4) is 0 Å². The van der Waals surface area contributed by atoms with E-state index >= 15 is 0 Å². The number of hydrogen-bond acceptors (Lipinski definition) is 3. The molecule has 4 nitrogen and oxygen atoms in total. The first-order valence-electron chi connectivity index (χ1n) is 5.38. The Balaban J connectivity index is 1.70. The number of amides is 1. The minimum atomic E-state index is -0.0456. The van der Waals surface area contributed by atoms with E-state index in [1.165, 1.54) is 10.5 Å². The third-order valence-corrected chi connectivity index (χ3v) is 4.02. The second kappa shape index (κ2) is 4.25. The van der Waals surface area contributed by atoms with E-state index < -0.39 is 0 Å². The van der Waals surface area contributed by atoms with Crippen LogP contribution in [0.15, 0.2) is 41.4 Å². The number of nitrogens with one attached hydrogen (secondary N) is 2. The summed E-state index contributed by atoms with van der Waals surface area (Å²) in [4.78, 5) is 13.2. The van der Waals surface area contributed by atoms with Crippen LogP contribution in [-0.2, 0) is 11.2 Å². The number of aromatic nitrogens is 2. The van der Waals surface area contributed by atoms with Crippen LogP contribution in [0.2, 0.25) is 0 Å². The van der Waals surface area contributed by atoms with Gasteiger partial charge >= 0.3 is 0 Å². The standard InChI is InChI=1S/C12H11N3OS/c16-12(14-11-5-6-13-15-11)10-7-8-3-1-2-4-9(8)17-10/h1-6,10H,7H2,(H2,13,14,15,16)/t10-/m0/s1. The van der Waals surface area contributed by atoms with E-state index in [2.05, 4.69) is 27.6 Å². The predicted molar refractivity (Wildman–Crippen MR) is 67.0 cm³/mol. The van der Waals surface area contributed by atoms with Gasteiger partial charge < -0.3 is 5.32 Å². The monoisotopic (exact) mass is 245 g/mol. The average Bonchev–Trinajstić information content (AvgIpc) is 2.96. The van der Waals surface area contributed by atoms with Gasteiger partial charge in [0.25, 0.3) is 0 Å². The van der Waals surface area contributed by atoms with Crippen LogP contribution < -0.4 is 5.32 Å². The van der Waals surface area contributed by atoms with E-state index in [4.69, 9.17) is 0 Å². The van der Waals surface area contributed by atoms with Crippen molar-refractivity contribution in [1.82, 2.24) is 10.2 Å². The number of hydrogen-bond donors (Lipinski definition) is 2. The largest absolute Gasteiger partial charge is 0.310 e. The van der Waals surface area contributed by atoms with Gasteiger partial charge in [-0.25, -0.2) is 0 Å². The molecule has 17 heavy (non-hydrogen) atoms. The highest BCUT2D eigenvalue weighted by molar-refractivity contribution is 8.01. The topological polar surface area (TPSA) is 57.8 Å². The molecule has 0 radical (unpaired) electrons. The molecule has 1 aliphatic rings. The van der Waals surface area contributed by atoms with Crippen LogP contribution in [-0.4, -0.2) is 21.4 Å². The first kappa shape index (κ1) is 10.4. The molecular weight excluding hydrogens is 234 g/mol. The van der Waals surface area contributed by atoms with Gasteiger partial charge in [0.1, 0.15) is 5.82 Å². The van der Waals surface area contributed by atoms with Crippen molar-refractivity contribution < 1.29 is 4.79 Å². The van der Waals surface area contributed by atoms with E-state index in [1.807, 2.05) is 12.1 Å². The zero-order chi connectivity index (χ0) is 11.7. The van der Waals surface area contributed by atoms with Gasteiger partial charge in [0.15, 0.2) is 0 Å². The Bertz CT molecular complexity index is 513. The van der Waals surface area contributed by atoms with Crippen molar-refractivity contribution in [2.45, 2.75) is 16.6 Å². The van der Waals surface area contributed by atoms with Crippen molar-refractivity contribution in [3.8, 4) is 0 Å². The molecular formula is C12H11N3OS. The molecule has 3 rings (SSSR count). The molecule has 0 fully saturated rings. The molecule has 2 N–H and O–H groups in total. The maximum atomic E-state index is 12.0. The quantitative estimate of drug-likeness (QED) is 0.851. The maximum Gasteiger partial charge on any atom is 0.239 e. The van der Waals surface area contributed by atoms with Crippen molar-refractivity contribution in [1.29, 1.82) is 0 Å². The number of fused-ring (bicyclic) bond motifs is 1. The predicted octanol–water partition coefficient (Wildman–Crippen LogP) is 2.07. The molecule has 0 unspecified atom stereocenters. The molecule has 1 atom stereocenters. The van der Waals surface area contributed by atoms with Crippen molar-refractivity contribution in [3.63, 3.8) is 0 Å². The zero-order valence-corrected chi connectivity index (χ0v) is 9.83. The van der Waals surface area contributed by atoms with Crippen molar-refractivity contribution >= 4 is 23.5 Å². The Hall–Kier alpha value is -1.75. The highest BCUT2D eigenvalue weighted by atomic mass is 32.2. The summed E-state index contributed by atoms with van der Waals surface area (Å²) >= 11 is 1.62. The number of nitrogens with zero attached hydrogens (tertiary/aromatic N) is 1. The second-order valence-corrected chi connectivity index (χ2v) is 5.12. The van der Waals surface area contributed by atoms with Crippen molar-refractivity contribution in [3.05, 3.63) is 42.1 Å². The third kappa shape index (κ3) is 2.06. The van der Waals surface area contributed by atoms with Gasteiger partial charge in [0.2, 0.25) is 5.91 Å². The number of anilines is 1. The normalized spacial score (nSPS) is 17.8. The fraction of sp³-hybridized carbons (Fsp3) is 0.167. The van der Waals surface area contributed by atoms with Gasteiger partial charge in [0.05, 0.1) is 11.4 Å². The molecule has 1 amide bonds. The molecule has 5 heteroatoms. The number of rotatable bonds is 2. The molecule has 2 aromatic rings. The van der Waals surface area contributed by atoms with Crippen molar-refractivity contribution in [2.75, 3.05) is 5.32 Å². The second-order valence-electron chi connectivity index (χ2n) is 3.88. The Morgan fingerprint density at radius 3 is 3.06 bits per heavy atom. The van der Waals surface area contributed by atoms with E-state index in [0.717, 1.165) is 6.42 Å². The third-order valence-electron chi connectivity index (χ3n) is 2.70. The van der Waals surface area contributed by atoms with Crippen LogP contribution in [0, 0.1) is 0 Å². The summed E-state index contributed by atoms with van der Waals surface area (Å²) in [5.41, 5.74) is 1.25. The molecule has 2 heterocycles. The first-order valence-corrected chi connectivity index (χ1v) is 6.26. The lowest BCUT2D eigenvalue weighted by Crippen LogP contribution is -2.24. The lowest BCUT2D eigenvalue weighted by Gasteiger charge is -2.07. The van der Waals surface area contributed by atoms with Gasteiger partial charge in [-0.3, -0.25) is 9.89 Å². The smallest absolute Gasteiger partial charge is 0.239 e. The van der Waals surface area contributed by atoms with Gasteiger partial charge in [-0.15, -0.1) is 11.8 Å². The van der Waals surface area contributed by atoms with Gasteiger partial charge in [-0.2, -0.15) is 5.10 Å². The molecule has 0 aliphatic carbocycles. The maximum absolute atomic E-state index is 12.0. The van der Waals surface area contributed by atoms with Crippen LogP contribution in [0.5, 0.6) is 0 Å². The minimum absolute atomic E-state index is 0.0236. The molecule has 1 aromatic heterocycles.